The number of hydrazine groups is 1. The van der Waals surface area contributed by atoms with Crippen LogP contribution in [0.1, 0.15) is 43.7 Å². The maximum Gasteiger partial charge on any atom is 0.197 e. The number of furan rings is 1. The Balaban J connectivity index is 2.00. The first-order valence-corrected chi connectivity index (χ1v) is 5.88. The topological polar surface area (TPSA) is 51.2 Å². The van der Waals surface area contributed by atoms with Crippen molar-refractivity contribution >= 4 is 11.6 Å². The van der Waals surface area contributed by atoms with Gasteiger partial charge >= 0.3 is 0 Å². The molecular weight excluding hydrogens is 212 g/mol. The quantitative estimate of drug-likeness (QED) is 0.615. The van der Waals surface area contributed by atoms with Crippen LogP contribution in [0.4, 0.5) is 0 Å². The van der Waals surface area contributed by atoms with Gasteiger partial charge < -0.3 is 4.42 Å². The molecule has 1 aliphatic carbocycles. The van der Waals surface area contributed by atoms with E-state index in [1.165, 1.54) is 25.7 Å². The lowest BCUT2D eigenvalue weighted by molar-refractivity contribution is 0.397. The number of halogens is 1. The Bertz CT molecular complexity index is 307. The summed E-state index contributed by atoms with van der Waals surface area (Å²) in [5, 5.41) is 0.455. The minimum atomic E-state index is 0.124. The second-order valence-electron chi connectivity index (χ2n) is 4.26. The van der Waals surface area contributed by atoms with Gasteiger partial charge in [0, 0.05) is 5.56 Å². The molecular formula is C11H17ClN2O. The first kappa shape index (κ1) is 11.0. The molecule has 0 aliphatic heterocycles. The SMILES string of the molecule is NNC(CC1CCCC1)c1ccoc1Cl. The van der Waals surface area contributed by atoms with E-state index in [0.717, 1.165) is 17.9 Å². The van der Waals surface area contributed by atoms with E-state index in [1.54, 1.807) is 6.26 Å². The lowest BCUT2D eigenvalue weighted by atomic mass is 9.95. The summed E-state index contributed by atoms with van der Waals surface area (Å²) in [7, 11) is 0. The Kier molecular flexibility index (Phi) is 3.67. The van der Waals surface area contributed by atoms with Crippen molar-refractivity contribution in [3.63, 3.8) is 0 Å². The van der Waals surface area contributed by atoms with Gasteiger partial charge in [0.25, 0.3) is 0 Å². The monoisotopic (exact) mass is 228 g/mol. The summed E-state index contributed by atoms with van der Waals surface area (Å²) in [6.07, 6.45) is 7.98. The van der Waals surface area contributed by atoms with Crippen molar-refractivity contribution in [3.8, 4) is 0 Å². The smallest absolute Gasteiger partial charge is 0.197 e. The summed E-state index contributed by atoms with van der Waals surface area (Å²) in [5.41, 5.74) is 3.81. The van der Waals surface area contributed by atoms with Gasteiger partial charge in [-0.2, -0.15) is 0 Å². The van der Waals surface area contributed by atoms with E-state index in [4.69, 9.17) is 21.9 Å². The second kappa shape index (κ2) is 5.01. The Hall–Kier alpha value is -0.510. The number of nitrogens with one attached hydrogen (secondary N) is 1. The first-order valence-electron chi connectivity index (χ1n) is 5.50. The van der Waals surface area contributed by atoms with E-state index in [1.807, 2.05) is 6.07 Å². The molecule has 84 valence electrons. The Labute approximate surface area is 94.9 Å². The highest BCUT2D eigenvalue weighted by atomic mass is 35.5. The summed E-state index contributed by atoms with van der Waals surface area (Å²) >= 11 is 5.94. The molecule has 0 saturated heterocycles. The van der Waals surface area contributed by atoms with Gasteiger partial charge in [0.15, 0.2) is 5.22 Å². The molecule has 0 aromatic carbocycles. The van der Waals surface area contributed by atoms with Crippen molar-refractivity contribution in [3.05, 3.63) is 23.1 Å². The summed E-state index contributed by atoms with van der Waals surface area (Å²) in [6.45, 7) is 0. The summed E-state index contributed by atoms with van der Waals surface area (Å²) in [5.74, 6) is 6.34. The van der Waals surface area contributed by atoms with E-state index < -0.39 is 0 Å². The number of rotatable bonds is 4. The Morgan fingerprint density at radius 3 is 2.80 bits per heavy atom. The van der Waals surface area contributed by atoms with E-state index in [9.17, 15) is 0 Å². The molecule has 0 amide bonds. The van der Waals surface area contributed by atoms with E-state index in [0.29, 0.717) is 5.22 Å². The van der Waals surface area contributed by atoms with Crippen LogP contribution in [0.2, 0.25) is 5.22 Å². The Morgan fingerprint density at radius 2 is 2.27 bits per heavy atom. The van der Waals surface area contributed by atoms with Gasteiger partial charge in [-0.05, 0) is 30.0 Å². The average Bonchev–Trinajstić information content (AvgIpc) is 2.85. The molecule has 4 heteroatoms. The third-order valence-corrected chi connectivity index (χ3v) is 3.57. The standard InChI is InChI=1S/C11H17ClN2O/c12-11-9(5-6-15-11)10(14-13)7-8-3-1-2-4-8/h5-6,8,10,14H,1-4,7,13H2. The highest BCUT2D eigenvalue weighted by molar-refractivity contribution is 6.29. The van der Waals surface area contributed by atoms with Gasteiger partial charge in [0.2, 0.25) is 0 Å². The minimum absolute atomic E-state index is 0.124. The molecule has 2 rings (SSSR count). The molecule has 0 radical (unpaired) electrons. The lowest BCUT2D eigenvalue weighted by Gasteiger charge is -2.18. The van der Waals surface area contributed by atoms with Crippen molar-refractivity contribution in [1.82, 2.24) is 5.43 Å². The summed E-state index contributed by atoms with van der Waals surface area (Å²) in [6, 6.07) is 2.02. The number of nitrogens with two attached hydrogens (primary N) is 1. The highest BCUT2D eigenvalue weighted by Crippen LogP contribution is 2.34. The lowest BCUT2D eigenvalue weighted by Crippen LogP contribution is -2.29. The molecule has 1 heterocycles. The summed E-state index contributed by atoms with van der Waals surface area (Å²) in [4.78, 5) is 0. The normalized spacial score (nSPS) is 19.6. The van der Waals surface area contributed by atoms with Crippen LogP contribution in [-0.4, -0.2) is 0 Å². The fraction of sp³-hybridized carbons (Fsp3) is 0.636. The van der Waals surface area contributed by atoms with Crippen LogP contribution in [0.3, 0.4) is 0 Å². The Morgan fingerprint density at radius 1 is 1.53 bits per heavy atom. The van der Waals surface area contributed by atoms with Crippen LogP contribution in [-0.2, 0) is 0 Å². The third kappa shape index (κ3) is 2.54. The van der Waals surface area contributed by atoms with Crippen molar-refractivity contribution < 1.29 is 4.42 Å². The average molecular weight is 229 g/mol. The van der Waals surface area contributed by atoms with Gasteiger partial charge in [-0.3, -0.25) is 11.3 Å². The predicted molar refractivity (Wildman–Crippen MR) is 60.4 cm³/mol. The van der Waals surface area contributed by atoms with Crippen LogP contribution in [0.25, 0.3) is 0 Å². The zero-order valence-corrected chi connectivity index (χ0v) is 9.46. The summed E-state index contributed by atoms with van der Waals surface area (Å²) < 4.78 is 5.08. The predicted octanol–water partition coefficient (Wildman–Crippen LogP) is 3.02. The van der Waals surface area contributed by atoms with Gasteiger partial charge in [0.1, 0.15) is 0 Å². The van der Waals surface area contributed by atoms with E-state index >= 15 is 0 Å². The first-order chi connectivity index (χ1) is 7.31. The van der Waals surface area contributed by atoms with Gasteiger partial charge in [-0.15, -0.1) is 0 Å². The zero-order valence-electron chi connectivity index (χ0n) is 8.71. The van der Waals surface area contributed by atoms with Crippen LogP contribution >= 0.6 is 11.6 Å². The molecule has 1 aromatic heterocycles. The van der Waals surface area contributed by atoms with Crippen molar-refractivity contribution in [1.29, 1.82) is 0 Å². The largest absolute Gasteiger partial charge is 0.453 e. The van der Waals surface area contributed by atoms with Gasteiger partial charge in [-0.1, -0.05) is 25.7 Å². The molecule has 1 saturated carbocycles. The van der Waals surface area contributed by atoms with Crippen LogP contribution in [0.15, 0.2) is 16.7 Å². The maximum atomic E-state index is 5.94. The molecule has 1 aliphatic rings. The molecule has 15 heavy (non-hydrogen) atoms. The maximum absolute atomic E-state index is 5.94. The third-order valence-electron chi connectivity index (χ3n) is 3.27. The fourth-order valence-electron chi connectivity index (χ4n) is 2.42. The molecule has 1 atom stereocenters. The van der Waals surface area contributed by atoms with E-state index in [-0.39, 0.29) is 6.04 Å². The number of hydrogen-bond acceptors (Lipinski definition) is 3. The molecule has 0 spiro atoms. The van der Waals surface area contributed by atoms with Crippen LogP contribution in [0.5, 0.6) is 0 Å². The van der Waals surface area contributed by atoms with Crippen molar-refractivity contribution in [2.75, 3.05) is 0 Å². The van der Waals surface area contributed by atoms with Crippen LogP contribution in [0, 0.1) is 5.92 Å². The van der Waals surface area contributed by atoms with E-state index in [2.05, 4.69) is 5.43 Å². The second-order valence-corrected chi connectivity index (χ2v) is 4.60. The van der Waals surface area contributed by atoms with Crippen molar-refractivity contribution in [2.45, 2.75) is 38.1 Å². The highest BCUT2D eigenvalue weighted by Gasteiger charge is 2.22. The molecule has 3 N–H and O–H groups in total. The molecule has 0 bridgehead atoms. The molecule has 1 fully saturated rings. The minimum Gasteiger partial charge on any atom is -0.453 e. The van der Waals surface area contributed by atoms with Gasteiger partial charge in [-0.25, -0.2) is 0 Å². The molecule has 1 unspecified atom stereocenters. The van der Waals surface area contributed by atoms with Gasteiger partial charge in [0.05, 0.1) is 12.3 Å². The number of hydrogen-bond donors (Lipinski definition) is 2. The molecule has 1 aromatic rings. The fourth-order valence-corrected chi connectivity index (χ4v) is 2.66. The van der Waals surface area contributed by atoms with Crippen LogP contribution < -0.4 is 11.3 Å². The molecule has 3 nitrogen and oxygen atoms in total. The zero-order chi connectivity index (χ0) is 10.7. The van der Waals surface area contributed by atoms with Crippen molar-refractivity contribution in [2.24, 2.45) is 11.8 Å².